The zero-order valence-corrected chi connectivity index (χ0v) is 18.1. The van der Waals surface area contributed by atoms with Crippen molar-refractivity contribution in [2.75, 3.05) is 58.8 Å². The quantitative estimate of drug-likeness (QED) is 0.513. The summed E-state index contributed by atoms with van der Waals surface area (Å²) in [6, 6.07) is 0. The summed E-state index contributed by atoms with van der Waals surface area (Å²) in [6.45, 7) is 7.41. The second-order valence-electron chi connectivity index (χ2n) is 6.87. The lowest BCUT2D eigenvalue weighted by Gasteiger charge is -2.37. The lowest BCUT2D eigenvalue weighted by Crippen LogP contribution is -2.54. The maximum absolute atomic E-state index is 11.9. The molecule has 1 fully saturated rings. The Bertz CT molecular complexity index is 688. The molecule has 0 spiro atoms. The van der Waals surface area contributed by atoms with Gasteiger partial charge < -0.3 is 25.2 Å². The van der Waals surface area contributed by atoms with Crippen LogP contribution in [0.3, 0.4) is 0 Å². The van der Waals surface area contributed by atoms with Gasteiger partial charge in [0, 0.05) is 46.8 Å². The molecule has 0 aromatic carbocycles. The van der Waals surface area contributed by atoms with Crippen LogP contribution in [0.1, 0.15) is 13.8 Å². The number of hydrogen-bond acceptors (Lipinski definition) is 6. The highest BCUT2D eigenvalue weighted by atomic mass is 79.9. The van der Waals surface area contributed by atoms with Crippen molar-refractivity contribution in [3.05, 3.63) is 10.7 Å². The van der Waals surface area contributed by atoms with Crippen molar-refractivity contribution in [3.63, 3.8) is 0 Å². The van der Waals surface area contributed by atoms with Crippen molar-refractivity contribution in [1.82, 2.24) is 25.5 Å². The average Bonchev–Trinajstić information content (AvgIpc) is 2.68. The van der Waals surface area contributed by atoms with E-state index < -0.39 is 5.41 Å². The summed E-state index contributed by atoms with van der Waals surface area (Å²) in [7, 11) is 4.99. The summed E-state index contributed by atoms with van der Waals surface area (Å²) < 4.78 is 5.98. The molecule has 0 unspecified atom stereocenters. The Hall–Kier alpha value is -2.10. The van der Waals surface area contributed by atoms with E-state index in [0.29, 0.717) is 18.4 Å². The van der Waals surface area contributed by atoms with E-state index in [-0.39, 0.29) is 5.91 Å². The van der Waals surface area contributed by atoms with Gasteiger partial charge in [-0.3, -0.25) is 9.79 Å². The topological polar surface area (TPSA) is 95.0 Å². The standard InChI is InChI=1S/C17H28BrN7O2/c1-17(2,14(26)19-3)11-22-15(20-4)24-6-8-25(9-7-24)16-21-10-12(18)13(23-16)27-5/h10H,6-9,11H2,1-5H3,(H,19,26)(H,20,22). The molecule has 1 aliphatic heterocycles. The van der Waals surface area contributed by atoms with Crippen LogP contribution in [0.2, 0.25) is 0 Å². The van der Waals surface area contributed by atoms with E-state index >= 15 is 0 Å². The molecule has 0 aliphatic carbocycles. The van der Waals surface area contributed by atoms with Gasteiger partial charge in [0.25, 0.3) is 0 Å². The molecule has 9 nitrogen and oxygen atoms in total. The summed E-state index contributed by atoms with van der Waals surface area (Å²) >= 11 is 3.37. The van der Waals surface area contributed by atoms with E-state index in [1.54, 1.807) is 27.4 Å². The normalized spacial score (nSPS) is 15.6. The van der Waals surface area contributed by atoms with Gasteiger partial charge in [-0.2, -0.15) is 4.98 Å². The van der Waals surface area contributed by atoms with Crippen LogP contribution >= 0.6 is 15.9 Å². The first-order valence-electron chi connectivity index (χ1n) is 8.81. The van der Waals surface area contributed by atoms with Gasteiger partial charge in [0.2, 0.25) is 17.7 Å². The lowest BCUT2D eigenvalue weighted by molar-refractivity contribution is -0.128. The summed E-state index contributed by atoms with van der Waals surface area (Å²) in [4.78, 5) is 29.4. The van der Waals surface area contributed by atoms with Crippen LogP contribution < -0.4 is 20.3 Å². The minimum Gasteiger partial charge on any atom is -0.480 e. The highest BCUT2D eigenvalue weighted by Gasteiger charge is 2.28. The number of halogens is 1. The van der Waals surface area contributed by atoms with Gasteiger partial charge in [0.1, 0.15) is 0 Å². The number of anilines is 1. The molecule has 0 radical (unpaired) electrons. The van der Waals surface area contributed by atoms with Gasteiger partial charge in [-0.05, 0) is 29.8 Å². The number of amides is 1. The SMILES string of the molecule is CN=C(NCC(C)(C)C(=O)NC)N1CCN(c2ncc(Br)c(OC)n2)CC1. The Morgan fingerprint density at radius 2 is 2.04 bits per heavy atom. The van der Waals surface area contributed by atoms with Gasteiger partial charge in [-0.1, -0.05) is 0 Å². The fourth-order valence-electron chi connectivity index (χ4n) is 2.81. The first kappa shape index (κ1) is 21.2. The summed E-state index contributed by atoms with van der Waals surface area (Å²) in [5, 5.41) is 6.01. The zero-order chi connectivity index (χ0) is 20.0. The third kappa shape index (κ3) is 5.21. The number of aliphatic imine (C=N–C) groups is 1. The molecule has 1 aliphatic rings. The molecule has 1 aromatic heterocycles. The fourth-order valence-corrected chi connectivity index (χ4v) is 3.16. The first-order chi connectivity index (χ1) is 12.8. The molecular formula is C17H28BrN7O2. The summed E-state index contributed by atoms with van der Waals surface area (Å²) in [5.41, 5.74) is -0.520. The molecule has 0 saturated carbocycles. The maximum Gasteiger partial charge on any atom is 0.232 e. The van der Waals surface area contributed by atoms with Crippen LogP contribution in [-0.2, 0) is 4.79 Å². The number of hydrogen-bond donors (Lipinski definition) is 2. The van der Waals surface area contributed by atoms with Gasteiger partial charge in [0.05, 0.1) is 23.2 Å². The molecule has 0 bridgehead atoms. The van der Waals surface area contributed by atoms with Gasteiger partial charge in [-0.25, -0.2) is 4.98 Å². The Labute approximate surface area is 168 Å². The van der Waals surface area contributed by atoms with Crippen molar-refractivity contribution in [2.45, 2.75) is 13.8 Å². The monoisotopic (exact) mass is 441 g/mol. The summed E-state index contributed by atoms with van der Waals surface area (Å²) in [5.74, 6) is 1.97. The average molecular weight is 442 g/mol. The highest BCUT2D eigenvalue weighted by molar-refractivity contribution is 9.10. The van der Waals surface area contributed by atoms with Crippen molar-refractivity contribution >= 4 is 33.7 Å². The van der Waals surface area contributed by atoms with Crippen molar-refractivity contribution in [2.24, 2.45) is 10.4 Å². The third-order valence-corrected chi connectivity index (χ3v) is 5.04. The predicted molar refractivity (Wildman–Crippen MR) is 109 cm³/mol. The number of nitrogens with one attached hydrogen (secondary N) is 2. The largest absolute Gasteiger partial charge is 0.480 e. The lowest BCUT2D eigenvalue weighted by atomic mass is 9.92. The Morgan fingerprint density at radius 1 is 1.37 bits per heavy atom. The maximum atomic E-state index is 11.9. The smallest absolute Gasteiger partial charge is 0.232 e. The van der Waals surface area contributed by atoms with E-state index in [0.717, 1.165) is 36.6 Å². The third-order valence-electron chi connectivity index (χ3n) is 4.50. The van der Waals surface area contributed by atoms with Crippen LogP contribution in [0.5, 0.6) is 5.88 Å². The minimum atomic E-state index is -0.520. The van der Waals surface area contributed by atoms with E-state index in [4.69, 9.17) is 4.74 Å². The molecule has 27 heavy (non-hydrogen) atoms. The molecule has 1 saturated heterocycles. The molecule has 10 heteroatoms. The second-order valence-corrected chi connectivity index (χ2v) is 7.72. The van der Waals surface area contributed by atoms with Crippen LogP contribution in [0.15, 0.2) is 15.7 Å². The number of aromatic nitrogens is 2. The van der Waals surface area contributed by atoms with E-state index in [1.165, 1.54) is 0 Å². The molecule has 150 valence electrons. The van der Waals surface area contributed by atoms with E-state index in [1.807, 2.05) is 13.8 Å². The molecule has 2 N–H and O–H groups in total. The first-order valence-corrected chi connectivity index (χ1v) is 9.61. The van der Waals surface area contributed by atoms with Crippen molar-refractivity contribution in [3.8, 4) is 5.88 Å². The molecular weight excluding hydrogens is 414 g/mol. The summed E-state index contributed by atoms with van der Waals surface area (Å²) in [6.07, 6.45) is 1.70. The number of methoxy groups -OCH3 is 1. The van der Waals surface area contributed by atoms with Gasteiger partial charge >= 0.3 is 0 Å². The van der Waals surface area contributed by atoms with Gasteiger partial charge in [-0.15, -0.1) is 0 Å². The van der Waals surface area contributed by atoms with Crippen molar-refractivity contribution in [1.29, 1.82) is 0 Å². The number of ether oxygens (including phenoxy) is 1. The fraction of sp³-hybridized carbons (Fsp3) is 0.647. The number of carbonyl (C=O) groups excluding carboxylic acids is 1. The Kier molecular flexibility index (Phi) is 7.23. The number of carbonyl (C=O) groups is 1. The highest BCUT2D eigenvalue weighted by Crippen LogP contribution is 2.24. The van der Waals surface area contributed by atoms with E-state index in [2.05, 4.69) is 51.3 Å². The molecule has 1 aromatic rings. The second kappa shape index (κ2) is 9.20. The Balaban J connectivity index is 1.94. The van der Waals surface area contributed by atoms with Gasteiger partial charge in [0.15, 0.2) is 5.96 Å². The molecule has 2 rings (SSSR count). The number of nitrogens with zero attached hydrogens (tertiary/aromatic N) is 5. The Morgan fingerprint density at radius 3 is 2.59 bits per heavy atom. The van der Waals surface area contributed by atoms with E-state index in [9.17, 15) is 4.79 Å². The predicted octanol–water partition coefficient (Wildman–Crippen LogP) is 0.717. The zero-order valence-electron chi connectivity index (χ0n) is 16.5. The molecule has 2 heterocycles. The number of guanidine groups is 1. The van der Waals surface area contributed by atoms with Crippen LogP contribution in [0, 0.1) is 5.41 Å². The molecule has 1 amide bonds. The van der Waals surface area contributed by atoms with Crippen molar-refractivity contribution < 1.29 is 9.53 Å². The van der Waals surface area contributed by atoms with Crippen LogP contribution in [-0.4, -0.2) is 80.7 Å². The number of rotatable bonds is 5. The van der Waals surface area contributed by atoms with Crippen LogP contribution in [0.4, 0.5) is 5.95 Å². The van der Waals surface area contributed by atoms with Crippen LogP contribution in [0.25, 0.3) is 0 Å². The minimum absolute atomic E-state index is 0.00314. The molecule has 0 atom stereocenters. The number of piperazine rings is 1.